The van der Waals surface area contributed by atoms with Gasteiger partial charge in [-0.15, -0.1) is 0 Å². The van der Waals surface area contributed by atoms with Crippen LogP contribution in [0.4, 0.5) is 24.5 Å². The van der Waals surface area contributed by atoms with Crippen molar-refractivity contribution in [3.05, 3.63) is 35.0 Å². The molecule has 6 nitrogen and oxygen atoms in total. The van der Waals surface area contributed by atoms with Crippen LogP contribution in [0.5, 0.6) is 0 Å². The van der Waals surface area contributed by atoms with Crippen LogP contribution in [0.3, 0.4) is 0 Å². The Morgan fingerprint density at radius 3 is 2.13 bits per heavy atom. The lowest BCUT2D eigenvalue weighted by Gasteiger charge is -2.15. The first-order chi connectivity index (χ1) is 10.7. The Balaban J connectivity index is 3.35. The highest BCUT2D eigenvalue weighted by Gasteiger charge is 2.34. The highest BCUT2D eigenvalue weighted by molar-refractivity contribution is 5.90. The standard InChI is InChI=1S/C14H8F3N5O/c1-8(23)21-12-3-2-10(4-11(12)14(15,16)17)22-13(7-20)9(5-18)6-19/h2-4,22H,1H3,(H,21,23). The Labute approximate surface area is 129 Å². The summed E-state index contributed by atoms with van der Waals surface area (Å²) in [6.07, 6.45) is -4.75. The first-order valence-electron chi connectivity index (χ1n) is 5.93. The zero-order valence-electron chi connectivity index (χ0n) is 11.6. The summed E-state index contributed by atoms with van der Waals surface area (Å²) in [5.74, 6) is -0.676. The number of amides is 1. The van der Waals surface area contributed by atoms with E-state index >= 15 is 0 Å². The molecule has 2 N–H and O–H groups in total. The summed E-state index contributed by atoms with van der Waals surface area (Å²) in [6, 6.07) is 7.28. The monoisotopic (exact) mass is 319 g/mol. The molecular formula is C14H8F3N5O. The zero-order valence-corrected chi connectivity index (χ0v) is 11.6. The molecule has 1 rings (SSSR count). The number of alkyl halides is 3. The smallest absolute Gasteiger partial charge is 0.345 e. The zero-order chi connectivity index (χ0) is 17.6. The van der Waals surface area contributed by atoms with Crippen LogP contribution in [-0.4, -0.2) is 5.91 Å². The van der Waals surface area contributed by atoms with Crippen molar-refractivity contribution in [2.45, 2.75) is 13.1 Å². The van der Waals surface area contributed by atoms with E-state index in [4.69, 9.17) is 15.8 Å². The van der Waals surface area contributed by atoms with Crippen LogP contribution in [0.1, 0.15) is 12.5 Å². The Morgan fingerprint density at radius 1 is 1.09 bits per heavy atom. The van der Waals surface area contributed by atoms with E-state index in [9.17, 15) is 18.0 Å². The molecule has 0 fully saturated rings. The van der Waals surface area contributed by atoms with Crippen molar-refractivity contribution in [2.24, 2.45) is 0 Å². The highest BCUT2D eigenvalue weighted by atomic mass is 19.4. The van der Waals surface area contributed by atoms with Gasteiger partial charge in [-0.2, -0.15) is 29.0 Å². The minimum absolute atomic E-state index is 0.161. The number of allylic oxidation sites excluding steroid dienone is 2. The Kier molecular flexibility index (Phi) is 5.31. The average molecular weight is 319 g/mol. The van der Waals surface area contributed by atoms with Gasteiger partial charge in [-0.05, 0) is 18.2 Å². The predicted molar refractivity (Wildman–Crippen MR) is 73.2 cm³/mol. The minimum Gasteiger partial charge on any atom is -0.345 e. The Morgan fingerprint density at radius 2 is 1.70 bits per heavy atom. The SMILES string of the molecule is CC(=O)Nc1ccc(NC(C#N)=C(C#N)C#N)cc1C(F)(F)F. The number of nitrogens with zero attached hydrogens (tertiary/aromatic N) is 3. The van der Waals surface area contributed by atoms with Gasteiger partial charge in [0.2, 0.25) is 5.91 Å². The third kappa shape index (κ3) is 4.48. The number of benzene rings is 1. The number of carbonyl (C=O) groups excluding carboxylic acids is 1. The molecule has 0 aliphatic carbocycles. The normalized spacial score (nSPS) is 9.78. The molecule has 1 aromatic carbocycles. The molecule has 23 heavy (non-hydrogen) atoms. The van der Waals surface area contributed by atoms with Crippen molar-refractivity contribution in [3.63, 3.8) is 0 Å². The number of carbonyl (C=O) groups is 1. The maximum atomic E-state index is 13.0. The molecule has 0 unspecified atom stereocenters. The molecule has 0 aromatic heterocycles. The van der Waals surface area contributed by atoms with E-state index < -0.39 is 34.6 Å². The fraction of sp³-hybridized carbons (Fsp3) is 0.143. The van der Waals surface area contributed by atoms with Crippen LogP contribution in [0.2, 0.25) is 0 Å². The van der Waals surface area contributed by atoms with Gasteiger partial charge in [0.25, 0.3) is 0 Å². The summed E-state index contributed by atoms with van der Waals surface area (Å²) >= 11 is 0. The lowest BCUT2D eigenvalue weighted by molar-refractivity contribution is -0.136. The molecule has 0 bridgehead atoms. The average Bonchev–Trinajstić information content (AvgIpc) is 2.47. The summed E-state index contributed by atoms with van der Waals surface area (Å²) in [7, 11) is 0. The third-order valence-electron chi connectivity index (χ3n) is 2.49. The highest BCUT2D eigenvalue weighted by Crippen LogP contribution is 2.36. The maximum absolute atomic E-state index is 13.0. The summed E-state index contributed by atoms with van der Waals surface area (Å²) in [4.78, 5) is 11.0. The van der Waals surface area contributed by atoms with Crippen molar-refractivity contribution >= 4 is 17.3 Å². The van der Waals surface area contributed by atoms with Crippen LogP contribution < -0.4 is 10.6 Å². The van der Waals surface area contributed by atoms with Crippen LogP contribution in [0.15, 0.2) is 29.5 Å². The number of hydrogen-bond donors (Lipinski definition) is 2. The van der Waals surface area contributed by atoms with Gasteiger partial charge in [0.15, 0.2) is 5.57 Å². The number of halogens is 3. The van der Waals surface area contributed by atoms with E-state index in [2.05, 4.69) is 10.6 Å². The van der Waals surface area contributed by atoms with Crippen molar-refractivity contribution < 1.29 is 18.0 Å². The molecular weight excluding hydrogens is 311 g/mol. The number of anilines is 2. The maximum Gasteiger partial charge on any atom is 0.418 e. The number of hydrogen-bond acceptors (Lipinski definition) is 5. The first kappa shape index (κ1) is 17.5. The van der Waals surface area contributed by atoms with Gasteiger partial charge in [-0.3, -0.25) is 4.79 Å². The van der Waals surface area contributed by atoms with Crippen LogP contribution in [0.25, 0.3) is 0 Å². The molecule has 0 aliphatic rings. The summed E-state index contributed by atoms with van der Waals surface area (Å²) < 4.78 is 39.1. The molecule has 0 radical (unpaired) electrons. The molecule has 0 aliphatic heterocycles. The number of nitrogens with one attached hydrogen (secondary N) is 2. The van der Waals surface area contributed by atoms with Gasteiger partial charge in [-0.1, -0.05) is 0 Å². The quantitative estimate of drug-likeness (QED) is 0.832. The molecule has 0 atom stereocenters. The molecule has 9 heteroatoms. The molecule has 0 heterocycles. The van der Waals surface area contributed by atoms with Gasteiger partial charge in [0.1, 0.15) is 23.9 Å². The largest absolute Gasteiger partial charge is 0.418 e. The fourth-order valence-corrected chi connectivity index (χ4v) is 1.58. The fourth-order valence-electron chi connectivity index (χ4n) is 1.58. The number of nitriles is 3. The summed E-state index contributed by atoms with van der Waals surface area (Å²) in [5.41, 5.74) is -2.78. The van der Waals surface area contributed by atoms with Gasteiger partial charge in [0.05, 0.1) is 11.3 Å². The lowest BCUT2D eigenvalue weighted by Crippen LogP contribution is -2.14. The van der Waals surface area contributed by atoms with E-state index in [0.717, 1.165) is 13.0 Å². The van der Waals surface area contributed by atoms with Crippen molar-refractivity contribution in [1.29, 1.82) is 15.8 Å². The van der Waals surface area contributed by atoms with Gasteiger partial charge in [-0.25, -0.2) is 0 Å². The molecule has 1 aromatic rings. The summed E-state index contributed by atoms with van der Waals surface area (Å²) in [5, 5.41) is 30.6. The third-order valence-corrected chi connectivity index (χ3v) is 2.49. The second-order valence-electron chi connectivity index (χ2n) is 4.15. The summed E-state index contributed by atoms with van der Waals surface area (Å²) in [6.45, 7) is 1.06. The second kappa shape index (κ2) is 6.97. The van der Waals surface area contributed by atoms with Crippen LogP contribution in [-0.2, 0) is 11.0 Å². The Bertz CT molecular complexity index is 775. The molecule has 116 valence electrons. The van der Waals surface area contributed by atoms with Gasteiger partial charge >= 0.3 is 6.18 Å². The second-order valence-corrected chi connectivity index (χ2v) is 4.15. The topological polar surface area (TPSA) is 112 Å². The van der Waals surface area contributed by atoms with Crippen molar-refractivity contribution in [3.8, 4) is 18.2 Å². The molecule has 1 amide bonds. The van der Waals surface area contributed by atoms with E-state index in [1.54, 1.807) is 0 Å². The molecule has 0 spiro atoms. The van der Waals surface area contributed by atoms with E-state index in [0.29, 0.717) is 6.07 Å². The van der Waals surface area contributed by atoms with Crippen molar-refractivity contribution in [1.82, 2.24) is 0 Å². The van der Waals surface area contributed by atoms with Crippen LogP contribution >= 0.6 is 0 Å². The van der Waals surface area contributed by atoms with E-state index in [1.165, 1.54) is 24.3 Å². The first-order valence-corrected chi connectivity index (χ1v) is 5.93. The van der Waals surface area contributed by atoms with E-state index in [-0.39, 0.29) is 5.69 Å². The lowest BCUT2D eigenvalue weighted by atomic mass is 10.1. The van der Waals surface area contributed by atoms with Crippen molar-refractivity contribution in [2.75, 3.05) is 10.6 Å². The van der Waals surface area contributed by atoms with Gasteiger partial charge in [0, 0.05) is 12.6 Å². The number of rotatable bonds is 3. The van der Waals surface area contributed by atoms with Gasteiger partial charge < -0.3 is 10.6 Å². The van der Waals surface area contributed by atoms with Crippen LogP contribution in [0, 0.1) is 34.0 Å². The minimum atomic E-state index is -4.75. The van der Waals surface area contributed by atoms with E-state index in [1.807, 2.05) is 0 Å². The molecule has 0 saturated heterocycles. The Hall–Kier alpha value is -3.51. The predicted octanol–water partition coefficient (Wildman–Crippen LogP) is 2.90. The molecule has 0 saturated carbocycles.